The molecule has 0 radical (unpaired) electrons. The number of para-hydroxylation sites is 1. The quantitative estimate of drug-likeness (QED) is 0.727. The molecule has 1 aromatic carbocycles. The fourth-order valence-corrected chi connectivity index (χ4v) is 4.93. The summed E-state index contributed by atoms with van der Waals surface area (Å²) in [4.78, 5) is 12.3. The summed E-state index contributed by atoms with van der Waals surface area (Å²) in [6.45, 7) is 9.39. The van der Waals surface area contributed by atoms with E-state index < -0.39 is 0 Å². The maximum absolute atomic E-state index is 12.3. The molecule has 1 saturated carbocycles. The molecule has 0 saturated heterocycles. The molecular formula is C24H30N4O. The summed E-state index contributed by atoms with van der Waals surface area (Å²) < 4.78 is 1.62. The van der Waals surface area contributed by atoms with Crippen molar-refractivity contribution in [3.05, 3.63) is 60.5 Å². The predicted octanol–water partition coefficient (Wildman–Crippen LogP) is 5.24. The first kappa shape index (κ1) is 19.6. The summed E-state index contributed by atoms with van der Waals surface area (Å²) in [5.41, 5.74) is 4.74. The number of nitrogens with zero attached hydrogens (tertiary/aromatic N) is 3. The van der Waals surface area contributed by atoms with Crippen LogP contribution in [0.4, 0.5) is 5.69 Å². The Morgan fingerprint density at radius 3 is 2.79 bits per heavy atom. The monoisotopic (exact) mass is 390 g/mol. The van der Waals surface area contributed by atoms with Gasteiger partial charge in [0.15, 0.2) is 0 Å². The van der Waals surface area contributed by atoms with E-state index in [1.54, 1.807) is 4.68 Å². The topological polar surface area (TPSA) is 59.8 Å². The van der Waals surface area contributed by atoms with Crippen molar-refractivity contribution < 1.29 is 4.79 Å². The van der Waals surface area contributed by atoms with Gasteiger partial charge in [-0.3, -0.25) is 4.79 Å². The molecule has 5 heteroatoms. The highest BCUT2D eigenvalue weighted by Crippen LogP contribution is 2.59. The van der Waals surface area contributed by atoms with Crippen molar-refractivity contribution in [2.75, 3.05) is 5.32 Å². The Morgan fingerprint density at radius 2 is 2.00 bits per heavy atom. The van der Waals surface area contributed by atoms with Gasteiger partial charge in [-0.1, -0.05) is 55.5 Å². The minimum atomic E-state index is -0.107. The van der Waals surface area contributed by atoms with Crippen molar-refractivity contribution in [1.82, 2.24) is 15.0 Å². The Kier molecular flexibility index (Phi) is 5.15. The van der Waals surface area contributed by atoms with Crippen molar-refractivity contribution in [3.63, 3.8) is 0 Å². The Morgan fingerprint density at radius 1 is 1.21 bits per heavy atom. The number of benzene rings is 1. The first-order valence-corrected chi connectivity index (χ1v) is 10.5. The van der Waals surface area contributed by atoms with Gasteiger partial charge in [0.1, 0.15) is 12.2 Å². The molecule has 1 aromatic heterocycles. The zero-order chi connectivity index (χ0) is 20.5. The Balaban J connectivity index is 1.46. The average molecular weight is 391 g/mol. The first-order valence-electron chi connectivity index (χ1n) is 10.5. The summed E-state index contributed by atoms with van der Waals surface area (Å²) in [5, 5.41) is 11.4. The Bertz CT molecular complexity index is 945. The van der Waals surface area contributed by atoms with Crippen LogP contribution in [0.25, 0.3) is 5.57 Å². The molecule has 2 atom stereocenters. The lowest BCUT2D eigenvalue weighted by atomic mass is 9.54. The molecular weight excluding hydrogens is 360 g/mol. The SMILES string of the molecule is C=C1CCC[C@]2(C)CCC(c3cn(CC(=O)Nc4ccccc4)nn3)=CC[C@@]12C. The van der Waals surface area contributed by atoms with E-state index in [0.717, 1.165) is 37.1 Å². The number of fused-ring (bicyclic) bond motifs is 1. The first-order chi connectivity index (χ1) is 13.9. The highest BCUT2D eigenvalue weighted by Gasteiger charge is 2.48. The van der Waals surface area contributed by atoms with Gasteiger partial charge in [-0.25, -0.2) is 4.68 Å². The van der Waals surface area contributed by atoms with E-state index >= 15 is 0 Å². The number of allylic oxidation sites excluding steroid dienone is 3. The predicted molar refractivity (Wildman–Crippen MR) is 116 cm³/mol. The molecule has 0 aliphatic heterocycles. The Hall–Kier alpha value is -2.69. The van der Waals surface area contributed by atoms with Crippen molar-refractivity contribution in [3.8, 4) is 0 Å². The number of carbonyl (C=O) groups excluding carboxylic acids is 1. The van der Waals surface area contributed by atoms with Gasteiger partial charge in [0.25, 0.3) is 0 Å². The molecule has 29 heavy (non-hydrogen) atoms. The summed E-state index contributed by atoms with van der Waals surface area (Å²) in [6.07, 6.45) is 11.0. The third kappa shape index (κ3) is 3.78. The van der Waals surface area contributed by atoms with E-state index in [1.165, 1.54) is 24.0 Å². The fourth-order valence-electron chi connectivity index (χ4n) is 4.93. The third-order valence-electron chi connectivity index (χ3n) is 7.25. The lowest BCUT2D eigenvalue weighted by Crippen LogP contribution is -2.41. The van der Waals surface area contributed by atoms with E-state index in [2.05, 4.69) is 42.1 Å². The molecule has 1 N–H and O–H groups in total. The zero-order valence-electron chi connectivity index (χ0n) is 17.4. The molecule has 2 aliphatic carbocycles. The van der Waals surface area contributed by atoms with Crippen LogP contribution in [0.3, 0.4) is 0 Å². The summed E-state index contributed by atoms with van der Waals surface area (Å²) in [7, 11) is 0. The number of nitrogens with one attached hydrogen (secondary N) is 1. The summed E-state index contributed by atoms with van der Waals surface area (Å²) in [6, 6.07) is 9.46. The average Bonchev–Trinajstić information content (AvgIpc) is 3.09. The van der Waals surface area contributed by atoms with E-state index in [-0.39, 0.29) is 23.3 Å². The Labute approximate surface area is 172 Å². The van der Waals surface area contributed by atoms with Crippen LogP contribution in [0.5, 0.6) is 0 Å². The van der Waals surface area contributed by atoms with E-state index in [4.69, 9.17) is 0 Å². The van der Waals surface area contributed by atoms with Gasteiger partial charge in [0.05, 0.1) is 6.20 Å². The van der Waals surface area contributed by atoms with E-state index in [9.17, 15) is 4.79 Å². The number of rotatable bonds is 4. The molecule has 0 unspecified atom stereocenters. The van der Waals surface area contributed by atoms with Gasteiger partial charge < -0.3 is 5.32 Å². The van der Waals surface area contributed by atoms with Crippen LogP contribution in [-0.4, -0.2) is 20.9 Å². The molecule has 0 bridgehead atoms. The number of hydrogen-bond acceptors (Lipinski definition) is 3. The second-order valence-corrected chi connectivity index (χ2v) is 9.00. The second kappa shape index (κ2) is 7.62. The van der Waals surface area contributed by atoms with Crippen LogP contribution in [0.15, 0.2) is 54.8 Å². The van der Waals surface area contributed by atoms with E-state index in [1.807, 2.05) is 36.5 Å². The largest absolute Gasteiger partial charge is 0.324 e. The van der Waals surface area contributed by atoms with Gasteiger partial charge in [0.2, 0.25) is 5.91 Å². The molecule has 1 amide bonds. The maximum Gasteiger partial charge on any atom is 0.246 e. The molecule has 1 heterocycles. The van der Waals surface area contributed by atoms with Gasteiger partial charge in [-0.05, 0) is 67.1 Å². The van der Waals surface area contributed by atoms with Gasteiger partial charge in [-0.15, -0.1) is 5.10 Å². The van der Waals surface area contributed by atoms with Crippen LogP contribution in [0, 0.1) is 10.8 Å². The smallest absolute Gasteiger partial charge is 0.246 e. The number of anilines is 1. The molecule has 4 rings (SSSR count). The van der Waals surface area contributed by atoms with Crippen LogP contribution in [-0.2, 0) is 11.3 Å². The molecule has 1 fully saturated rings. The van der Waals surface area contributed by atoms with Crippen molar-refractivity contribution in [2.45, 2.75) is 58.9 Å². The van der Waals surface area contributed by atoms with Crippen molar-refractivity contribution in [1.29, 1.82) is 0 Å². The van der Waals surface area contributed by atoms with Gasteiger partial charge in [-0.2, -0.15) is 0 Å². The second-order valence-electron chi connectivity index (χ2n) is 9.00. The van der Waals surface area contributed by atoms with Gasteiger partial charge in [0, 0.05) is 5.69 Å². The summed E-state index contributed by atoms with van der Waals surface area (Å²) in [5.74, 6) is -0.107. The van der Waals surface area contributed by atoms with E-state index in [0.29, 0.717) is 0 Å². The van der Waals surface area contributed by atoms with Gasteiger partial charge >= 0.3 is 0 Å². The van der Waals surface area contributed by atoms with Crippen LogP contribution < -0.4 is 5.32 Å². The van der Waals surface area contributed by atoms with Crippen LogP contribution in [0.1, 0.15) is 58.1 Å². The minimum absolute atomic E-state index is 0.107. The highest BCUT2D eigenvalue weighted by atomic mass is 16.2. The number of amides is 1. The van der Waals surface area contributed by atoms with Crippen molar-refractivity contribution in [2.24, 2.45) is 10.8 Å². The standard InChI is InChI=1S/C24H30N4O/c1-18-8-7-13-23(2)14-11-19(12-15-24(18,23)3)21-16-28(27-26-21)17-22(29)25-20-9-5-4-6-10-20/h4-6,9-10,12,16H,1,7-8,11,13-15,17H2,2-3H3,(H,25,29)/t23-,24+/m1/s1. The minimum Gasteiger partial charge on any atom is -0.324 e. The lowest BCUT2D eigenvalue weighted by molar-refractivity contribution is -0.116. The third-order valence-corrected chi connectivity index (χ3v) is 7.25. The maximum atomic E-state index is 12.3. The zero-order valence-corrected chi connectivity index (χ0v) is 17.4. The number of aromatic nitrogens is 3. The molecule has 152 valence electrons. The molecule has 5 nitrogen and oxygen atoms in total. The number of hydrogen-bond donors (Lipinski definition) is 1. The van der Waals surface area contributed by atoms with Crippen LogP contribution in [0.2, 0.25) is 0 Å². The highest BCUT2D eigenvalue weighted by molar-refractivity contribution is 5.90. The lowest BCUT2D eigenvalue weighted by Gasteiger charge is -2.51. The normalized spacial score (nSPS) is 27.0. The fraction of sp³-hybridized carbons (Fsp3) is 0.458. The molecule has 2 aromatic rings. The molecule has 2 aliphatic rings. The molecule has 0 spiro atoms. The van der Waals surface area contributed by atoms with Crippen molar-refractivity contribution >= 4 is 17.2 Å². The summed E-state index contributed by atoms with van der Waals surface area (Å²) >= 11 is 0. The van der Waals surface area contributed by atoms with Crippen LogP contribution >= 0.6 is 0 Å². The number of carbonyl (C=O) groups is 1.